The van der Waals surface area contributed by atoms with Gasteiger partial charge in [-0.3, -0.25) is 0 Å². The molecule has 0 radical (unpaired) electrons. The van der Waals surface area contributed by atoms with Crippen LogP contribution in [0.3, 0.4) is 0 Å². The number of halogens is 1. The number of hydrogen-bond donors (Lipinski definition) is 1. The molecule has 1 N–H and O–H groups in total. The Morgan fingerprint density at radius 1 is 1.40 bits per heavy atom. The van der Waals surface area contributed by atoms with Crippen molar-refractivity contribution in [2.45, 2.75) is 45.2 Å². The van der Waals surface area contributed by atoms with Crippen molar-refractivity contribution in [3.05, 3.63) is 35.1 Å². The van der Waals surface area contributed by atoms with Gasteiger partial charge in [0, 0.05) is 18.2 Å². The molecule has 4 unspecified atom stereocenters. The predicted octanol–water partition coefficient (Wildman–Crippen LogP) is 3.61. The minimum atomic E-state index is -0.281. The summed E-state index contributed by atoms with van der Waals surface area (Å²) in [4.78, 5) is 0. The summed E-state index contributed by atoms with van der Waals surface area (Å²) in [5.74, 6) is 2.31. The average molecular weight is 272 g/mol. The zero-order valence-corrected chi connectivity index (χ0v) is 11.9. The summed E-state index contributed by atoms with van der Waals surface area (Å²) in [7, 11) is 0. The van der Waals surface area contributed by atoms with E-state index in [0.29, 0.717) is 23.7 Å². The molecule has 0 aromatic heterocycles. The summed E-state index contributed by atoms with van der Waals surface area (Å²) in [5, 5.41) is 12.2. The highest BCUT2D eigenvalue weighted by Gasteiger charge is 2.41. The van der Waals surface area contributed by atoms with E-state index in [1.165, 1.54) is 31.7 Å². The fourth-order valence-corrected chi connectivity index (χ4v) is 4.09. The van der Waals surface area contributed by atoms with Crippen LogP contribution in [0.5, 0.6) is 0 Å². The lowest BCUT2D eigenvalue weighted by atomic mass is 9.84. The molecule has 2 saturated carbocycles. The first-order valence-electron chi connectivity index (χ1n) is 7.59. The molecule has 2 aliphatic rings. The predicted molar refractivity (Wildman–Crippen MR) is 76.4 cm³/mol. The number of nitrogens with one attached hydrogen (secondary N) is 1. The second-order valence-electron chi connectivity index (χ2n) is 6.43. The van der Waals surface area contributed by atoms with E-state index in [1.54, 1.807) is 12.1 Å². The topological polar surface area (TPSA) is 35.8 Å². The Balaban J connectivity index is 1.58. The minimum absolute atomic E-state index is 0.281. The Morgan fingerprint density at radius 3 is 2.85 bits per heavy atom. The second-order valence-corrected chi connectivity index (χ2v) is 6.43. The standard InChI is InChI=1S/C17H21FN2/c1-11(16-7-12-2-4-14(16)6-12)20-10-15-5-3-13(9-19)8-17(15)18/h3,5,8,11-12,14,16,20H,2,4,6-7,10H2,1H3. The summed E-state index contributed by atoms with van der Waals surface area (Å²) in [5.41, 5.74) is 1.03. The van der Waals surface area contributed by atoms with Gasteiger partial charge in [-0.25, -0.2) is 4.39 Å². The zero-order chi connectivity index (χ0) is 14.1. The Kier molecular flexibility index (Phi) is 3.76. The summed E-state index contributed by atoms with van der Waals surface area (Å²) in [6.45, 7) is 2.78. The molecule has 0 spiro atoms. The lowest BCUT2D eigenvalue weighted by molar-refractivity contribution is 0.259. The molecule has 0 saturated heterocycles. The van der Waals surface area contributed by atoms with Crippen LogP contribution in [-0.4, -0.2) is 6.04 Å². The molecule has 0 heterocycles. The quantitative estimate of drug-likeness (QED) is 0.908. The van der Waals surface area contributed by atoms with Crippen molar-refractivity contribution in [1.82, 2.24) is 5.32 Å². The minimum Gasteiger partial charge on any atom is -0.310 e. The van der Waals surface area contributed by atoms with E-state index < -0.39 is 0 Å². The van der Waals surface area contributed by atoms with Gasteiger partial charge in [0.2, 0.25) is 0 Å². The molecule has 4 atom stereocenters. The summed E-state index contributed by atoms with van der Waals surface area (Å²) >= 11 is 0. The molecule has 3 rings (SSSR count). The third-order valence-corrected chi connectivity index (χ3v) is 5.23. The lowest BCUT2D eigenvalue weighted by Gasteiger charge is -2.28. The van der Waals surface area contributed by atoms with Gasteiger partial charge in [-0.15, -0.1) is 0 Å². The smallest absolute Gasteiger partial charge is 0.129 e. The van der Waals surface area contributed by atoms with Gasteiger partial charge in [0.1, 0.15) is 5.82 Å². The molecule has 0 aliphatic heterocycles. The first kappa shape index (κ1) is 13.6. The SMILES string of the molecule is CC(NCc1ccc(C#N)cc1F)C1CC2CCC1C2. The lowest BCUT2D eigenvalue weighted by Crippen LogP contribution is -2.36. The first-order chi connectivity index (χ1) is 9.67. The van der Waals surface area contributed by atoms with Gasteiger partial charge >= 0.3 is 0 Å². The van der Waals surface area contributed by atoms with Crippen LogP contribution in [0.1, 0.15) is 43.7 Å². The van der Waals surface area contributed by atoms with E-state index in [-0.39, 0.29) is 5.82 Å². The molecule has 0 amide bonds. The second kappa shape index (κ2) is 5.54. The number of hydrogen-bond acceptors (Lipinski definition) is 2. The van der Waals surface area contributed by atoms with Gasteiger partial charge in [-0.1, -0.05) is 12.5 Å². The molecule has 2 fully saturated rings. The maximum absolute atomic E-state index is 13.8. The zero-order valence-electron chi connectivity index (χ0n) is 11.9. The van der Waals surface area contributed by atoms with Crippen LogP contribution in [-0.2, 0) is 6.54 Å². The molecule has 3 heteroatoms. The van der Waals surface area contributed by atoms with Crippen LogP contribution in [0.15, 0.2) is 18.2 Å². The molecule has 2 nitrogen and oxygen atoms in total. The Bertz CT molecular complexity index is 534. The molecule has 2 bridgehead atoms. The average Bonchev–Trinajstić information content (AvgIpc) is 3.08. The maximum atomic E-state index is 13.8. The molecular formula is C17H21FN2. The normalized spacial score (nSPS) is 29.4. The van der Waals surface area contributed by atoms with E-state index in [2.05, 4.69) is 12.2 Å². The van der Waals surface area contributed by atoms with Crippen LogP contribution in [0.4, 0.5) is 4.39 Å². The highest BCUT2D eigenvalue weighted by Crippen LogP contribution is 2.49. The van der Waals surface area contributed by atoms with Crippen molar-refractivity contribution >= 4 is 0 Å². The molecule has 2 aliphatic carbocycles. The van der Waals surface area contributed by atoms with E-state index in [0.717, 1.165) is 17.8 Å². The fraction of sp³-hybridized carbons (Fsp3) is 0.588. The Morgan fingerprint density at radius 2 is 2.25 bits per heavy atom. The van der Waals surface area contributed by atoms with Gasteiger partial charge in [0.15, 0.2) is 0 Å². The van der Waals surface area contributed by atoms with Crippen molar-refractivity contribution in [2.24, 2.45) is 17.8 Å². The monoisotopic (exact) mass is 272 g/mol. The van der Waals surface area contributed by atoms with E-state index >= 15 is 0 Å². The van der Waals surface area contributed by atoms with Crippen molar-refractivity contribution in [2.75, 3.05) is 0 Å². The molecule has 1 aromatic rings. The van der Waals surface area contributed by atoms with Gasteiger partial charge in [0.25, 0.3) is 0 Å². The summed E-state index contributed by atoms with van der Waals surface area (Å²) in [6.07, 6.45) is 5.54. The summed E-state index contributed by atoms with van der Waals surface area (Å²) in [6, 6.07) is 7.13. The van der Waals surface area contributed by atoms with Crippen LogP contribution in [0.25, 0.3) is 0 Å². The van der Waals surface area contributed by atoms with E-state index in [9.17, 15) is 4.39 Å². The van der Waals surface area contributed by atoms with Crippen LogP contribution in [0.2, 0.25) is 0 Å². The van der Waals surface area contributed by atoms with Crippen LogP contribution in [0, 0.1) is 34.9 Å². The summed E-state index contributed by atoms with van der Waals surface area (Å²) < 4.78 is 13.8. The number of benzene rings is 1. The number of rotatable bonds is 4. The molecule has 106 valence electrons. The Labute approximate surface area is 120 Å². The van der Waals surface area contributed by atoms with Crippen molar-refractivity contribution in [3.8, 4) is 6.07 Å². The fourth-order valence-electron chi connectivity index (χ4n) is 4.09. The molecular weight excluding hydrogens is 251 g/mol. The van der Waals surface area contributed by atoms with Crippen molar-refractivity contribution in [3.63, 3.8) is 0 Å². The first-order valence-corrected chi connectivity index (χ1v) is 7.59. The van der Waals surface area contributed by atoms with Crippen LogP contribution >= 0.6 is 0 Å². The Hall–Kier alpha value is -1.40. The third kappa shape index (κ3) is 2.58. The largest absolute Gasteiger partial charge is 0.310 e. The van der Waals surface area contributed by atoms with Gasteiger partial charge in [-0.2, -0.15) is 5.26 Å². The third-order valence-electron chi connectivity index (χ3n) is 5.23. The highest BCUT2D eigenvalue weighted by atomic mass is 19.1. The van der Waals surface area contributed by atoms with Crippen molar-refractivity contribution in [1.29, 1.82) is 5.26 Å². The maximum Gasteiger partial charge on any atom is 0.129 e. The van der Waals surface area contributed by atoms with Gasteiger partial charge in [-0.05, 0) is 56.1 Å². The van der Waals surface area contributed by atoms with Crippen LogP contribution < -0.4 is 5.32 Å². The number of fused-ring (bicyclic) bond motifs is 2. The number of nitrogens with zero attached hydrogens (tertiary/aromatic N) is 1. The van der Waals surface area contributed by atoms with E-state index in [4.69, 9.17) is 5.26 Å². The molecule has 1 aromatic carbocycles. The van der Waals surface area contributed by atoms with Crippen molar-refractivity contribution < 1.29 is 4.39 Å². The number of nitriles is 1. The van der Waals surface area contributed by atoms with Gasteiger partial charge < -0.3 is 5.32 Å². The van der Waals surface area contributed by atoms with E-state index in [1.807, 2.05) is 6.07 Å². The van der Waals surface area contributed by atoms with Gasteiger partial charge in [0.05, 0.1) is 11.6 Å². The highest BCUT2D eigenvalue weighted by molar-refractivity contribution is 5.32. The molecule has 20 heavy (non-hydrogen) atoms.